The lowest BCUT2D eigenvalue weighted by atomic mass is 10.2. The molecule has 0 aliphatic carbocycles. The zero-order chi connectivity index (χ0) is 17.9. The van der Waals surface area contributed by atoms with Gasteiger partial charge in [-0.15, -0.1) is 0 Å². The molecule has 0 radical (unpaired) electrons. The van der Waals surface area contributed by atoms with Crippen LogP contribution in [0.1, 0.15) is 23.7 Å². The van der Waals surface area contributed by atoms with E-state index in [0.29, 0.717) is 37.6 Å². The lowest BCUT2D eigenvalue weighted by Gasteiger charge is -2.13. The molecule has 2 aliphatic heterocycles. The van der Waals surface area contributed by atoms with Gasteiger partial charge in [-0.1, -0.05) is 21.6 Å². The van der Waals surface area contributed by atoms with E-state index in [-0.39, 0.29) is 11.6 Å². The summed E-state index contributed by atoms with van der Waals surface area (Å²) in [4.78, 5) is 1.70. The predicted molar refractivity (Wildman–Crippen MR) is 93.8 cm³/mol. The Kier molecular flexibility index (Phi) is 5.78. The Morgan fingerprint density at radius 3 is 1.42 bits per heavy atom. The fourth-order valence-corrected chi connectivity index (χ4v) is 4.67. The summed E-state index contributed by atoms with van der Waals surface area (Å²) in [5.41, 5.74) is 0.779. The molecule has 0 saturated carbocycles. The van der Waals surface area contributed by atoms with E-state index >= 15 is 0 Å². The van der Waals surface area contributed by atoms with E-state index in [1.54, 1.807) is 24.3 Å². The standard InChI is InChI=1S/C18H16F2O4S2/c19-15-3-1-11(9-13(15)17-21-5-6-22-17)25-26-12-2-4-16(20)14(10-12)18-23-7-8-24-18/h1-4,9-10,17-18H,5-8H2. The summed E-state index contributed by atoms with van der Waals surface area (Å²) in [5, 5.41) is 0. The molecule has 26 heavy (non-hydrogen) atoms. The highest BCUT2D eigenvalue weighted by Gasteiger charge is 2.23. The maximum Gasteiger partial charge on any atom is 0.186 e. The third kappa shape index (κ3) is 4.05. The molecule has 0 N–H and O–H groups in total. The molecule has 2 aromatic carbocycles. The summed E-state index contributed by atoms with van der Waals surface area (Å²) in [6.07, 6.45) is -1.32. The minimum Gasteiger partial charge on any atom is -0.346 e. The molecule has 0 unspecified atom stereocenters. The molecule has 8 heteroatoms. The maximum atomic E-state index is 14.0. The van der Waals surface area contributed by atoms with Crippen molar-refractivity contribution in [3.63, 3.8) is 0 Å². The van der Waals surface area contributed by atoms with E-state index in [0.717, 1.165) is 9.79 Å². The van der Waals surface area contributed by atoms with Crippen LogP contribution in [0.15, 0.2) is 46.2 Å². The van der Waals surface area contributed by atoms with Crippen molar-refractivity contribution in [3.8, 4) is 0 Å². The summed E-state index contributed by atoms with van der Waals surface area (Å²) in [6, 6.07) is 9.63. The molecule has 0 aromatic heterocycles. The van der Waals surface area contributed by atoms with Crippen molar-refractivity contribution in [3.05, 3.63) is 59.2 Å². The average Bonchev–Trinajstić information content (AvgIpc) is 3.36. The van der Waals surface area contributed by atoms with Crippen LogP contribution in [0.4, 0.5) is 8.78 Å². The van der Waals surface area contributed by atoms with Crippen molar-refractivity contribution < 1.29 is 27.7 Å². The van der Waals surface area contributed by atoms with Gasteiger partial charge in [0.15, 0.2) is 12.6 Å². The van der Waals surface area contributed by atoms with Crippen LogP contribution in [0.2, 0.25) is 0 Å². The van der Waals surface area contributed by atoms with Crippen LogP contribution >= 0.6 is 21.6 Å². The minimum absolute atomic E-state index is 0.356. The highest BCUT2D eigenvalue weighted by molar-refractivity contribution is 8.76. The van der Waals surface area contributed by atoms with E-state index in [1.165, 1.54) is 33.7 Å². The average molecular weight is 398 g/mol. The van der Waals surface area contributed by atoms with Crippen LogP contribution in [-0.2, 0) is 18.9 Å². The van der Waals surface area contributed by atoms with Gasteiger partial charge in [0.25, 0.3) is 0 Å². The van der Waals surface area contributed by atoms with Crippen LogP contribution < -0.4 is 0 Å². The van der Waals surface area contributed by atoms with Crippen LogP contribution in [0.25, 0.3) is 0 Å². The third-order valence-electron chi connectivity index (χ3n) is 3.92. The number of rotatable bonds is 5. The van der Waals surface area contributed by atoms with Gasteiger partial charge < -0.3 is 18.9 Å². The number of ether oxygens (including phenoxy) is 4. The van der Waals surface area contributed by atoms with Gasteiger partial charge in [-0.25, -0.2) is 8.78 Å². The van der Waals surface area contributed by atoms with Crippen molar-refractivity contribution in [2.75, 3.05) is 26.4 Å². The van der Waals surface area contributed by atoms with Gasteiger partial charge in [-0.3, -0.25) is 0 Å². The highest BCUT2D eigenvalue weighted by atomic mass is 33.1. The van der Waals surface area contributed by atoms with E-state index in [2.05, 4.69) is 0 Å². The van der Waals surface area contributed by atoms with Crippen molar-refractivity contribution >= 4 is 21.6 Å². The van der Waals surface area contributed by atoms with Gasteiger partial charge in [0.2, 0.25) is 0 Å². The van der Waals surface area contributed by atoms with Crippen LogP contribution in [0, 0.1) is 11.6 Å². The smallest absolute Gasteiger partial charge is 0.186 e. The van der Waals surface area contributed by atoms with Gasteiger partial charge in [0.05, 0.1) is 26.4 Å². The van der Waals surface area contributed by atoms with Crippen molar-refractivity contribution in [1.82, 2.24) is 0 Å². The van der Waals surface area contributed by atoms with E-state index in [4.69, 9.17) is 18.9 Å². The second kappa shape index (κ2) is 8.24. The van der Waals surface area contributed by atoms with Gasteiger partial charge >= 0.3 is 0 Å². The van der Waals surface area contributed by atoms with Gasteiger partial charge in [-0.05, 0) is 36.4 Å². The molecule has 0 atom stereocenters. The van der Waals surface area contributed by atoms with Crippen molar-refractivity contribution in [2.45, 2.75) is 22.4 Å². The molecule has 0 amide bonds. The highest BCUT2D eigenvalue weighted by Crippen LogP contribution is 2.40. The zero-order valence-electron chi connectivity index (χ0n) is 13.7. The van der Waals surface area contributed by atoms with Crippen molar-refractivity contribution in [1.29, 1.82) is 0 Å². The van der Waals surface area contributed by atoms with Crippen LogP contribution in [0.3, 0.4) is 0 Å². The summed E-state index contributed by atoms with van der Waals surface area (Å²) in [6.45, 7) is 1.83. The molecular formula is C18H16F2O4S2. The molecule has 2 fully saturated rings. The summed E-state index contributed by atoms with van der Waals surface area (Å²) in [5.74, 6) is -0.711. The lowest BCUT2D eigenvalue weighted by Crippen LogP contribution is -2.01. The fourth-order valence-electron chi connectivity index (χ4n) is 2.68. The number of benzene rings is 2. The quantitative estimate of drug-likeness (QED) is 0.670. The summed E-state index contributed by atoms with van der Waals surface area (Å²) in [7, 11) is 2.89. The SMILES string of the molecule is Fc1ccc(SSc2ccc(F)c(C3OCCO3)c2)cc1C1OCCO1. The predicted octanol–water partition coefficient (Wildman–Crippen LogP) is 4.86. The Bertz CT molecular complexity index is 712. The number of hydrogen-bond donors (Lipinski definition) is 0. The monoisotopic (exact) mass is 398 g/mol. The molecule has 4 nitrogen and oxygen atoms in total. The molecule has 138 valence electrons. The first-order valence-electron chi connectivity index (χ1n) is 8.10. The second-order valence-electron chi connectivity index (χ2n) is 5.68. The minimum atomic E-state index is -0.658. The molecule has 4 rings (SSSR count). The van der Waals surface area contributed by atoms with Gasteiger partial charge in [0.1, 0.15) is 11.6 Å². The normalized spacial score (nSPS) is 18.7. The fraction of sp³-hybridized carbons (Fsp3) is 0.333. The molecule has 2 heterocycles. The number of hydrogen-bond acceptors (Lipinski definition) is 6. The van der Waals surface area contributed by atoms with E-state index in [9.17, 15) is 8.78 Å². The Balaban J connectivity index is 1.47. The second-order valence-corrected chi connectivity index (χ2v) is 7.96. The zero-order valence-corrected chi connectivity index (χ0v) is 15.3. The van der Waals surface area contributed by atoms with Crippen LogP contribution in [-0.4, -0.2) is 26.4 Å². The lowest BCUT2D eigenvalue weighted by molar-refractivity contribution is -0.0468. The third-order valence-corrected chi connectivity index (χ3v) is 6.30. The molecule has 2 aromatic rings. The summed E-state index contributed by atoms with van der Waals surface area (Å²) >= 11 is 0. The number of halogens is 2. The first kappa shape index (κ1) is 18.2. The maximum absolute atomic E-state index is 14.0. The van der Waals surface area contributed by atoms with Crippen LogP contribution in [0.5, 0.6) is 0 Å². The first-order chi connectivity index (χ1) is 12.7. The summed E-state index contributed by atoms with van der Waals surface area (Å²) < 4.78 is 49.5. The van der Waals surface area contributed by atoms with Gasteiger partial charge in [-0.2, -0.15) is 0 Å². The van der Waals surface area contributed by atoms with Crippen molar-refractivity contribution in [2.24, 2.45) is 0 Å². The first-order valence-corrected chi connectivity index (χ1v) is 10.3. The van der Waals surface area contributed by atoms with E-state index in [1.807, 2.05) is 0 Å². The van der Waals surface area contributed by atoms with E-state index < -0.39 is 12.6 Å². The Labute approximate surface area is 157 Å². The molecule has 0 spiro atoms. The molecule has 2 saturated heterocycles. The molecular weight excluding hydrogens is 382 g/mol. The van der Waals surface area contributed by atoms with Gasteiger partial charge in [0, 0.05) is 20.9 Å². The Morgan fingerprint density at radius 2 is 1.04 bits per heavy atom. The Hall–Kier alpha value is -1.16. The largest absolute Gasteiger partial charge is 0.346 e. The molecule has 2 aliphatic rings. The molecule has 0 bridgehead atoms. The topological polar surface area (TPSA) is 36.9 Å². The Morgan fingerprint density at radius 1 is 0.654 bits per heavy atom.